The van der Waals surface area contributed by atoms with E-state index in [1.165, 1.54) is 24.8 Å². The molecule has 1 aromatic heterocycles. The average molecular weight is 265 g/mol. The van der Waals surface area contributed by atoms with Crippen molar-refractivity contribution in [2.75, 3.05) is 18.8 Å². The van der Waals surface area contributed by atoms with Gasteiger partial charge < -0.3 is 4.90 Å². The number of piperidine rings is 1. The van der Waals surface area contributed by atoms with Crippen LogP contribution in [0.2, 0.25) is 0 Å². The molecule has 1 fully saturated rings. The lowest BCUT2D eigenvalue weighted by atomic mass is 10.1. The van der Waals surface area contributed by atoms with Gasteiger partial charge in [0.05, 0.1) is 5.71 Å². The fourth-order valence-corrected chi connectivity index (χ4v) is 3.72. The highest BCUT2D eigenvalue weighted by atomic mass is 32.2. The average Bonchev–Trinajstić information content (AvgIpc) is 2.94. The Hall–Kier alpha value is -0.810. The predicted octanol–water partition coefficient (Wildman–Crippen LogP) is 3.04. The smallest absolute Gasteiger partial charge is 0.186 e. The molecule has 0 N–H and O–H groups in total. The lowest BCUT2D eigenvalue weighted by Gasteiger charge is -2.29. The van der Waals surface area contributed by atoms with Crippen LogP contribution in [0.4, 0.5) is 0 Å². The zero-order valence-electron chi connectivity index (χ0n) is 9.63. The summed E-state index contributed by atoms with van der Waals surface area (Å²) in [5.74, 6) is 0.950. The molecule has 2 aliphatic rings. The van der Waals surface area contributed by atoms with Crippen LogP contribution in [-0.4, -0.2) is 34.6 Å². The molecule has 0 aromatic carbocycles. The van der Waals surface area contributed by atoms with Gasteiger partial charge in [-0.3, -0.25) is 0 Å². The molecule has 3 nitrogen and oxygen atoms in total. The van der Waals surface area contributed by atoms with Crippen LogP contribution in [0.3, 0.4) is 0 Å². The summed E-state index contributed by atoms with van der Waals surface area (Å²) in [7, 11) is 0. The molecule has 0 bridgehead atoms. The van der Waals surface area contributed by atoms with Gasteiger partial charge in [-0.15, -0.1) is 5.10 Å². The van der Waals surface area contributed by atoms with Crippen molar-refractivity contribution >= 4 is 34.0 Å². The third kappa shape index (κ3) is 2.55. The van der Waals surface area contributed by atoms with Crippen molar-refractivity contribution in [2.45, 2.75) is 19.3 Å². The first-order valence-corrected chi connectivity index (χ1v) is 7.91. The van der Waals surface area contributed by atoms with Crippen molar-refractivity contribution in [3.8, 4) is 0 Å². The molecule has 5 heteroatoms. The number of nitrogens with zero attached hydrogens (tertiary/aromatic N) is 3. The highest BCUT2D eigenvalue weighted by molar-refractivity contribution is 8.14. The Kier molecular flexibility index (Phi) is 3.47. The van der Waals surface area contributed by atoms with Gasteiger partial charge in [0.2, 0.25) is 0 Å². The Morgan fingerprint density at radius 3 is 2.65 bits per heavy atom. The third-order valence-electron chi connectivity index (χ3n) is 3.08. The molecule has 0 unspecified atom stereocenters. The van der Waals surface area contributed by atoms with Crippen LogP contribution in [0.25, 0.3) is 0 Å². The molecule has 1 saturated heterocycles. The Morgan fingerprint density at radius 2 is 2.00 bits per heavy atom. The number of thiophene rings is 1. The van der Waals surface area contributed by atoms with E-state index in [0.29, 0.717) is 0 Å². The number of likely N-dealkylation sites (tertiary alicyclic amines) is 1. The second-order valence-corrected chi connectivity index (χ2v) is 6.00. The molecule has 0 spiro atoms. The minimum Gasteiger partial charge on any atom is -0.350 e. The Labute approximate surface area is 110 Å². The lowest BCUT2D eigenvalue weighted by Crippen LogP contribution is -2.35. The number of hydrogen-bond donors (Lipinski definition) is 0. The van der Waals surface area contributed by atoms with Crippen molar-refractivity contribution in [2.24, 2.45) is 10.2 Å². The maximum Gasteiger partial charge on any atom is 0.186 e. The molecule has 0 radical (unpaired) electrons. The summed E-state index contributed by atoms with van der Waals surface area (Å²) in [4.78, 5) is 2.38. The molecule has 0 aliphatic carbocycles. The molecule has 1 aromatic rings. The highest BCUT2D eigenvalue weighted by Gasteiger charge is 2.19. The second-order valence-electron chi connectivity index (χ2n) is 4.28. The summed E-state index contributed by atoms with van der Waals surface area (Å²) < 4.78 is 0. The van der Waals surface area contributed by atoms with E-state index in [-0.39, 0.29) is 0 Å². The first-order chi connectivity index (χ1) is 8.43. The van der Waals surface area contributed by atoms with Gasteiger partial charge in [-0.05, 0) is 36.1 Å². The van der Waals surface area contributed by atoms with E-state index in [1.54, 1.807) is 11.3 Å². The van der Waals surface area contributed by atoms with E-state index in [2.05, 4.69) is 31.9 Å². The van der Waals surface area contributed by atoms with Crippen molar-refractivity contribution in [3.63, 3.8) is 0 Å². The van der Waals surface area contributed by atoms with Crippen LogP contribution in [0.1, 0.15) is 24.8 Å². The van der Waals surface area contributed by atoms with E-state index in [0.717, 1.165) is 29.7 Å². The summed E-state index contributed by atoms with van der Waals surface area (Å²) in [6, 6.07) is 2.12. The standard InChI is InChI=1S/C12H15N3S2/c1-2-5-15(6-3-1)12-14-13-11(9-17-12)10-4-7-16-8-10/h4,7-8H,1-3,5-6,9H2. The van der Waals surface area contributed by atoms with Crippen molar-refractivity contribution in [1.29, 1.82) is 0 Å². The minimum absolute atomic E-state index is 0.950. The molecule has 0 amide bonds. The highest BCUT2D eigenvalue weighted by Crippen LogP contribution is 2.21. The van der Waals surface area contributed by atoms with Gasteiger partial charge in [-0.25, -0.2) is 0 Å². The molecule has 0 saturated carbocycles. The first-order valence-electron chi connectivity index (χ1n) is 5.98. The van der Waals surface area contributed by atoms with Gasteiger partial charge in [-0.1, -0.05) is 11.8 Å². The van der Waals surface area contributed by atoms with Gasteiger partial charge in [0, 0.05) is 24.4 Å². The Balaban J connectivity index is 1.73. The summed E-state index contributed by atoms with van der Waals surface area (Å²) in [5.41, 5.74) is 2.33. The van der Waals surface area contributed by atoms with E-state index in [4.69, 9.17) is 0 Å². The monoisotopic (exact) mass is 265 g/mol. The van der Waals surface area contributed by atoms with Crippen molar-refractivity contribution in [1.82, 2.24) is 4.90 Å². The zero-order chi connectivity index (χ0) is 11.5. The topological polar surface area (TPSA) is 28.0 Å². The third-order valence-corrected chi connectivity index (χ3v) is 4.77. The van der Waals surface area contributed by atoms with Crippen molar-refractivity contribution < 1.29 is 0 Å². The second kappa shape index (κ2) is 5.23. The fraction of sp³-hybridized carbons (Fsp3) is 0.500. The van der Waals surface area contributed by atoms with Crippen LogP contribution in [-0.2, 0) is 0 Å². The Morgan fingerprint density at radius 1 is 1.12 bits per heavy atom. The summed E-state index contributed by atoms with van der Waals surface area (Å²) in [6.45, 7) is 2.30. The van der Waals surface area contributed by atoms with E-state index < -0.39 is 0 Å². The molecule has 90 valence electrons. The van der Waals surface area contributed by atoms with Gasteiger partial charge in [0.25, 0.3) is 0 Å². The molecule has 2 aliphatic heterocycles. The van der Waals surface area contributed by atoms with Crippen LogP contribution >= 0.6 is 23.1 Å². The summed E-state index contributed by atoms with van der Waals surface area (Å²) >= 11 is 3.54. The van der Waals surface area contributed by atoms with E-state index in [1.807, 2.05) is 11.8 Å². The molecule has 0 atom stereocenters. The molecular weight excluding hydrogens is 250 g/mol. The molecule has 3 rings (SSSR count). The van der Waals surface area contributed by atoms with E-state index in [9.17, 15) is 0 Å². The maximum absolute atomic E-state index is 4.39. The number of amidine groups is 1. The Bertz CT molecular complexity index is 431. The fourth-order valence-electron chi connectivity index (χ4n) is 2.10. The van der Waals surface area contributed by atoms with Crippen LogP contribution in [0.15, 0.2) is 27.0 Å². The SMILES string of the molecule is c1cc(C2=NN=C(N3CCCCC3)SC2)cs1. The number of hydrogen-bond acceptors (Lipinski definition) is 5. The van der Waals surface area contributed by atoms with Gasteiger partial charge in [0.15, 0.2) is 5.17 Å². The minimum atomic E-state index is 0.950. The predicted molar refractivity (Wildman–Crippen MR) is 76.2 cm³/mol. The zero-order valence-corrected chi connectivity index (χ0v) is 11.3. The summed E-state index contributed by atoms with van der Waals surface area (Å²) in [6.07, 6.45) is 3.94. The summed E-state index contributed by atoms with van der Waals surface area (Å²) in [5, 5.41) is 14.1. The molecular formula is C12H15N3S2. The van der Waals surface area contributed by atoms with Crippen LogP contribution in [0, 0.1) is 0 Å². The maximum atomic E-state index is 4.39. The van der Waals surface area contributed by atoms with Gasteiger partial charge in [0.1, 0.15) is 0 Å². The molecule has 3 heterocycles. The number of rotatable bonds is 1. The van der Waals surface area contributed by atoms with E-state index >= 15 is 0 Å². The molecule has 17 heavy (non-hydrogen) atoms. The normalized spacial score (nSPS) is 21.1. The van der Waals surface area contributed by atoms with Crippen LogP contribution < -0.4 is 0 Å². The van der Waals surface area contributed by atoms with Crippen molar-refractivity contribution in [3.05, 3.63) is 22.4 Å². The van der Waals surface area contributed by atoms with Gasteiger partial charge in [-0.2, -0.15) is 16.4 Å². The van der Waals surface area contributed by atoms with Crippen LogP contribution in [0.5, 0.6) is 0 Å². The lowest BCUT2D eigenvalue weighted by molar-refractivity contribution is 0.347. The largest absolute Gasteiger partial charge is 0.350 e. The first kappa shape index (κ1) is 11.3. The quantitative estimate of drug-likeness (QED) is 0.780. The number of thioether (sulfide) groups is 1. The van der Waals surface area contributed by atoms with Gasteiger partial charge >= 0.3 is 0 Å².